The summed E-state index contributed by atoms with van der Waals surface area (Å²) in [6, 6.07) is 7.91. The van der Waals surface area contributed by atoms with Crippen LogP contribution in [-0.2, 0) is 4.79 Å². The quantitative estimate of drug-likeness (QED) is 0.386. The molecule has 0 bridgehead atoms. The fraction of sp³-hybridized carbons (Fsp3) is 0.655. The SMILES string of the molecule is CCCCCCCC(=O)N(C/C=C/c1ccccc1OC)CCN1CCN(C(=O)NC(C)(C)C)CC1. The zero-order valence-corrected chi connectivity index (χ0v) is 23.2. The minimum atomic E-state index is -0.233. The second kappa shape index (κ2) is 15.5. The number of nitrogens with zero attached hydrogens (tertiary/aromatic N) is 3. The van der Waals surface area contributed by atoms with E-state index >= 15 is 0 Å². The van der Waals surface area contributed by atoms with E-state index in [-0.39, 0.29) is 17.5 Å². The monoisotopic (exact) mass is 500 g/mol. The van der Waals surface area contributed by atoms with Gasteiger partial charge in [-0.2, -0.15) is 0 Å². The summed E-state index contributed by atoms with van der Waals surface area (Å²) >= 11 is 0. The van der Waals surface area contributed by atoms with Crippen LogP contribution in [-0.4, -0.2) is 85.1 Å². The minimum absolute atomic E-state index is 0.00325. The van der Waals surface area contributed by atoms with E-state index in [9.17, 15) is 9.59 Å². The van der Waals surface area contributed by atoms with Gasteiger partial charge in [0.25, 0.3) is 0 Å². The van der Waals surface area contributed by atoms with Crippen LogP contribution in [0.5, 0.6) is 5.75 Å². The summed E-state index contributed by atoms with van der Waals surface area (Å²) in [5.41, 5.74) is 0.778. The van der Waals surface area contributed by atoms with Crippen molar-refractivity contribution in [3.63, 3.8) is 0 Å². The van der Waals surface area contributed by atoms with Crippen molar-refractivity contribution in [1.82, 2.24) is 20.0 Å². The molecule has 3 amide bonds. The van der Waals surface area contributed by atoms with E-state index in [1.165, 1.54) is 19.3 Å². The van der Waals surface area contributed by atoms with Crippen molar-refractivity contribution >= 4 is 18.0 Å². The summed E-state index contributed by atoms with van der Waals surface area (Å²) in [6.45, 7) is 13.4. The maximum Gasteiger partial charge on any atom is 0.317 e. The molecule has 1 heterocycles. The molecule has 1 aromatic rings. The molecule has 1 aliphatic heterocycles. The number of piperazine rings is 1. The van der Waals surface area contributed by atoms with Crippen molar-refractivity contribution in [2.45, 2.75) is 71.8 Å². The summed E-state index contributed by atoms with van der Waals surface area (Å²) in [7, 11) is 1.67. The van der Waals surface area contributed by atoms with Crippen LogP contribution in [0.3, 0.4) is 0 Å². The number of amides is 3. The lowest BCUT2D eigenvalue weighted by Crippen LogP contribution is -2.55. The Bertz CT molecular complexity index is 826. The molecular weight excluding hydrogens is 452 g/mol. The van der Waals surface area contributed by atoms with Gasteiger partial charge < -0.3 is 19.9 Å². The van der Waals surface area contributed by atoms with Crippen LogP contribution < -0.4 is 10.1 Å². The highest BCUT2D eigenvalue weighted by Crippen LogP contribution is 2.18. The zero-order valence-electron chi connectivity index (χ0n) is 23.2. The van der Waals surface area contributed by atoms with Crippen molar-refractivity contribution in [1.29, 1.82) is 0 Å². The van der Waals surface area contributed by atoms with E-state index in [4.69, 9.17) is 4.74 Å². The first-order valence-corrected chi connectivity index (χ1v) is 13.6. The van der Waals surface area contributed by atoms with E-state index in [0.717, 1.165) is 43.8 Å². The number of hydrogen-bond donors (Lipinski definition) is 1. The first-order chi connectivity index (χ1) is 17.2. The molecule has 0 radical (unpaired) electrons. The van der Waals surface area contributed by atoms with Gasteiger partial charge in [0.15, 0.2) is 0 Å². The Kier molecular flexibility index (Phi) is 12.8. The molecule has 0 atom stereocenters. The Hall–Kier alpha value is -2.54. The Morgan fingerprint density at radius 3 is 2.42 bits per heavy atom. The van der Waals surface area contributed by atoms with Gasteiger partial charge in [-0.1, -0.05) is 63.0 Å². The van der Waals surface area contributed by atoms with Gasteiger partial charge in [-0.05, 0) is 33.3 Å². The number of unbranched alkanes of at least 4 members (excludes halogenated alkanes) is 4. The molecule has 0 aliphatic carbocycles. The van der Waals surface area contributed by atoms with Gasteiger partial charge in [0.1, 0.15) is 5.75 Å². The van der Waals surface area contributed by atoms with E-state index in [0.29, 0.717) is 32.6 Å². The molecule has 202 valence electrons. The van der Waals surface area contributed by atoms with Crippen molar-refractivity contribution in [3.05, 3.63) is 35.9 Å². The highest BCUT2D eigenvalue weighted by Gasteiger charge is 2.24. The number of hydrogen-bond acceptors (Lipinski definition) is 4. The number of rotatable bonds is 13. The van der Waals surface area contributed by atoms with E-state index < -0.39 is 0 Å². The molecule has 1 aromatic carbocycles. The summed E-state index contributed by atoms with van der Waals surface area (Å²) in [5.74, 6) is 1.05. The normalized spacial score (nSPS) is 14.8. The van der Waals surface area contributed by atoms with Crippen LogP contribution in [0.15, 0.2) is 30.3 Å². The first-order valence-electron chi connectivity index (χ1n) is 13.6. The summed E-state index contributed by atoms with van der Waals surface area (Å²) in [6.07, 6.45) is 10.4. The fourth-order valence-corrected chi connectivity index (χ4v) is 4.30. The third kappa shape index (κ3) is 11.0. The van der Waals surface area contributed by atoms with Gasteiger partial charge >= 0.3 is 6.03 Å². The molecule has 7 heteroatoms. The number of para-hydroxylation sites is 1. The molecular formula is C29H48N4O3. The van der Waals surface area contributed by atoms with Gasteiger partial charge in [0.2, 0.25) is 5.91 Å². The van der Waals surface area contributed by atoms with Crippen LogP contribution in [0.4, 0.5) is 4.79 Å². The second-order valence-corrected chi connectivity index (χ2v) is 10.7. The van der Waals surface area contributed by atoms with Crippen molar-refractivity contribution < 1.29 is 14.3 Å². The standard InChI is InChI=1S/C29H48N4O3/c1-6-7-8-9-10-17-27(34)32(18-13-15-25-14-11-12-16-26(25)36-5)22-19-31-20-23-33(24-21-31)28(35)30-29(2,3)4/h11-16H,6-10,17-24H2,1-5H3,(H,30,35)/b15-13+. The third-order valence-electron chi connectivity index (χ3n) is 6.44. The van der Waals surface area contributed by atoms with Crippen LogP contribution in [0.25, 0.3) is 6.08 Å². The lowest BCUT2D eigenvalue weighted by atomic mass is 10.1. The summed E-state index contributed by atoms with van der Waals surface area (Å²) in [5, 5.41) is 3.04. The van der Waals surface area contributed by atoms with Gasteiger partial charge in [0.05, 0.1) is 7.11 Å². The van der Waals surface area contributed by atoms with Crippen LogP contribution >= 0.6 is 0 Å². The third-order valence-corrected chi connectivity index (χ3v) is 6.44. The summed E-state index contributed by atoms with van der Waals surface area (Å²) in [4.78, 5) is 31.7. The smallest absolute Gasteiger partial charge is 0.317 e. The number of benzene rings is 1. The average Bonchev–Trinajstić information content (AvgIpc) is 2.85. The number of urea groups is 1. The van der Waals surface area contributed by atoms with E-state index in [2.05, 4.69) is 23.2 Å². The van der Waals surface area contributed by atoms with Crippen molar-refractivity contribution in [2.75, 3.05) is 52.9 Å². The zero-order chi connectivity index (χ0) is 26.4. The number of carbonyl (C=O) groups is 2. The molecule has 36 heavy (non-hydrogen) atoms. The molecule has 1 N–H and O–H groups in total. The van der Waals surface area contributed by atoms with Crippen molar-refractivity contribution in [2.24, 2.45) is 0 Å². The second-order valence-electron chi connectivity index (χ2n) is 10.7. The molecule has 0 saturated carbocycles. The highest BCUT2D eigenvalue weighted by atomic mass is 16.5. The molecule has 7 nitrogen and oxygen atoms in total. The van der Waals surface area contributed by atoms with Gasteiger partial charge in [0, 0.05) is 63.3 Å². The Morgan fingerprint density at radius 2 is 1.75 bits per heavy atom. The molecule has 1 fully saturated rings. The maximum atomic E-state index is 13.1. The topological polar surface area (TPSA) is 65.1 Å². The van der Waals surface area contributed by atoms with Gasteiger partial charge in [-0.3, -0.25) is 9.69 Å². The molecule has 1 saturated heterocycles. The maximum absolute atomic E-state index is 13.1. The number of nitrogens with one attached hydrogen (secondary N) is 1. The van der Waals surface area contributed by atoms with E-state index in [1.54, 1.807) is 7.11 Å². The number of methoxy groups -OCH3 is 1. The Labute approximate surface area is 218 Å². The largest absolute Gasteiger partial charge is 0.496 e. The Morgan fingerprint density at radius 1 is 1.06 bits per heavy atom. The van der Waals surface area contributed by atoms with Crippen LogP contribution in [0.2, 0.25) is 0 Å². The highest BCUT2D eigenvalue weighted by molar-refractivity contribution is 5.76. The minimum Gasteiger partial charge on any atom is -0.496 e. The molecule has 2 rings (SSSR count). The van der Waals surface area contributed by atoms with Gasteiger partial charge in [-0.15, -0.1) is 0 Å². The number of ether oxygens (including phenoxy) is 1. The molecule has 0 unspecified atom stereocenters. The van der Waals surface area contributed by atoms with Crippen LogP contribution in [0.1, 0.15) is 71.8 Å². The molecule has 1 aliphatic rings. The van der Waals surface area contributed by atoms with Gasteiger partial charge in [-0.25, -0.2) is 4.79 Å². The predicted molar refractivity (Wildman–Crippen MR) is 148 cm³/mol. The molecule has 0 aromatic heterocycles. The lowest BCUT2D eigenvalue weighted by molar-refractivity contribution is -0.131. The predicted octanol–water partition coefficient (Wildman–Crippen LogP) is 5.02. The fourth-order valence-electron chi connectivity index (χ4n) is 4.30. The van der Waals surface area contributed by atoms with Crippen LogP contribution in [0, 0.1) is 0 Å². The summed E-state index contributed by atoms with van der Waals surface area (Å²) < 4.78 is 5.44. The average molecular weight is 501 g/mol. The lowest BCUT2D eigenvalue weighted by Gasteiger charge is -2.37. The first kappa shape index (κ1) is 29.7. The Balaban J connectivity index is 1.90. The molecule has 0 spiro atoms. The van der Waals surface area contributed by atoms with Crippen molar-refractivity contribution in [3.8, 4) is 5.75 Å². The van der Waals surface area contributed by atoms with E-state index in [1.807, 2.05) is 60.9 Å². The number of carbonyl (C=O) groups excluding carboxylic acids is 2.